The Morgan fingerprint density at radius 1 is 1.14 bits per heavy atom. The Balaban J connectivity index is 2.35. The van der Waals surface area contributed by atoms with Crippen LogP contribution in [-0.4, -0.2) is 48.7 Å². The lowest BCUT2D eigenvalue weighted by atomic mass is 10.0. The van der Waals surface area contributed by atoms with Gasteiger partial charge in [0.2, 0.25) is 5.91 Å². The molecule has 22 heavy (non-hydrogen) atoms. The molecule has 1 amide bonds. The van der Waals surface area contributed by atoms with Gasteiger partial charge in [0.1, 0.15) is 0 Å². The molecular formula is C17H24Cl2N2O. The molecule has 0 aliphatic heterocycles. The number of rotatable bonds is 6. The lowest BCUT2D eigenvalue weighted by Crippen LogP contribution is -2.51. The number of amides is 1. The van der Waals surface area contributed by atoms with Crippen molar-refractivity contribution in [1.29, 1.82) is 0 Å². The fourth-order valence-corrected chi connectivity index (χ4v) is 3.86. The number of benzene rings is 1. The van der Waals surface area contributed by atoms with Crippen LogP contribution in [-0.2, 0) is 4.79 Å². The lowest BCUT2D eigenvalue weighted by molar-refractivity contribution is -0.121. The minimum Gasteiger partial charge on any atom is -0.307 e. The van der Waals surface area contributed by atoms with Crippen molar-refractivity contribution < 1.29 is 4.79 Å². The van der Waals surface area contributed by atoms with Crippen LogP contribution >= 0.6 is 23.2 Å². The summed E-state index contributed by atoms with van der Waals surface area (Å²) < 4.78 is 0. The van der Waals surface area contributed by atoms with Crippen molar-refractivity contribution in [2.45, 2.75) is 31.3 Å². The normalized spacial score (nSPS) is 21.5. The van der Waals surface area contributed by atoms with Crippen LogP contribution < -0.4 is 4.90 Å². The van der Waals surface area contributed by atoms with Crippen LogP contribution in [0, 0.1) is 5.92 Å². The monoisotopic (exact) mass is 342 g/mol. The van der Waals surface area contributed by atoms with Crippen LogP contribution in [0.15, 0.2) is 30.3 Å². The maximum Gasteiger partial charge on any atom is 0.232 e. The predicted molar refractivity (Wildman–Crippen MR) is 94.0 cm³/mol. The molecule has 1 aliphatic rings. The van der Waals surface area contributed by atoms with Crippen molar-refractivity contribution in [1.82, 2.24) is 4.90 Å². The summed E-state index contributed by atoms with van der Waals surface area (Å²) in [6.45, 7) is 0. The molecule has 0 radical (unpaired) electrons. The van der Waals surface area contributed by atoms with E-state index in [2.05, 4.69) is 19.0 Å². The largest absolute Gasteiger partial charge is 0.307 e. The number of carbonyl (C=O) groups is 1. The lowest BCUT2D eigenvalue weighted by Gasteiger charge is -2.37. The van der Waals surface area contributed by atoms with Crippen LogP contribution in [0.2, 0.25) is 0 Å². The van der Waals surface area contributed by atoms with Crippen LogP contribution in [0.25, 0.3) is 0 Å². The summed E-state index contributed by atoms with van der Waals surface area (Å²) >= 11 is 11.9. The summed E-state index contributed by atoms with van der Waals surface area (Å²) in [5.74, 6) is 0.206. The first-order valence-corrected chi connectivity index (χ1v) is 8.83. The summed E-state index contributed by atoms with van der Waals surface area (Å²) in [4.78, 5) is 17.2. The van der Waals surface area contributed by atoms with Crippen molar-refractivity contribution in [2.24, 2.45) is 5.92 Å². The number of hydrogen-bond acceptors (Lipinski definition) is 2. The minimum absolute atomic E-state index is 0.0370. The standard InChI is InChI=1S/C17H24Cl2N2O/c1-20(2)15-9-6-10-16(15)21(14-7-4-3-5-8-14)17(22)13(11-18)12-19/h3-5,7-8,13,15-16H,6,9-12H2,1-2H3. The number of likely N-dealkylation sites (N-methyl/N-ethyl adjacent to an activating group) is 1. The Bertz CT molecular complexity index is 477. The molecule has 0 aromatic heterocycles. The molecule has 2 atom stereocenters. The molecule has 3 nitrogen and oxygen atoms in total. The van der Waals surface area contributed by atoms with E-state index in [1.165, 1.54) is 0 Å². The number of halogens is 2. The molecule has 0 spiro atoms. The highest BCUT2D eigenvalue weighted by Crippen LogP contribution is 2.32. The third-order valence-corrected chi connectivity index (χ3v) is 5.18. The molecule has 2 rings (SSSR count). The van der Waals surface area contributed by atoms with E-state index in [4.69, 9.17) is 23.2 Å². The van der Waals surface area contributed by atoms with Gasteiger partial charge in [-0.1, -0.05) is 18.2 Å². The van der Waals surface area contributed by atoms with E-state index in [0.29, 0.717) is 6.04 Å². The van der Waals surface area contributed by atoms with Crippen molar-refractivity contribution >= 4 is 34.8 Å². The van der Waals surface area contributed by atoms with Gasteiger partial charge in [-0.2, -0.15) is 0 Å². The molecule has 0 heterocycles. The number of hydrogen-bond donors (Lipinski definition) is 0. The van der Waals surface area contributed by atoms with Gasteiger partial charge >= 0.3 is 0 Å². The first-order chi connectivity index (χ1) is 10.6. The zero-order chi connectivity index (χ0) is 16.1. The van der Waals surface area contributed by atoms with Crippen LogP contribution in [0.3, 0.4) is 0 Å². The Morgan fingerprint density at radius 2 is 1.73 bits per heavy atom. The summed E-state index contributed by atoms with van der Waals surface area (Å²) in [5.41, 5.74) is 0.937. The van der Waals surface area contributed by atoms with Gasteiger partial charge in [-0.05, 0) is 45.5 Å². The molecule has 122 valence electrons. The average molecular weight is 343 g/mol. The number of alkyl halides is 2. The molecule has 5 heteroatoms. The maximum absolute atomic E-state index is 13.0. The molecule has 0 saturated heterocycles. The predicted octanol–water partition coefficient (Wildman–Crippen LogP) is 3.60. The van der Waals surface area contributed by atoms with Gasteiger partial charge in [0.05, 0.1) is 12.0 Å². The van der Waals surface area contributed by atoms with Gasteiger partial charge in [-0.15, -0.1) is 23.2 Å². The van der Waals surface area contributed by atoms with E-state index in [-0.39, 0.29) is 29.6 Å². The van der Waals surface area contributed by atoms with Gasteiger partial charge in [0.15, 0.2) is 0 Å². The molecule has 2 unspecified atom stereocenters. The van der Waals surface area contributed by atoms with Gasteiger partial charge < -0.3 is 9.80 Å². The summed E-state index contributed by atoms with van der Waals surface area (Å²) in [5, 5.41) is 0. The third kappa shape index (κ3) is 3.76. The van der Waals surface area contributed by atoms with Gasteiger partial charge in [0.25, 0.3) is 0 Å². The number of nitrogens with zero attached hydrogens (tertiary/aromatic N) is 2. The number of para-hydroxylation sites is 1. The van der Waals surface area contributed by atoms with E-state index in [0.717, 1.165) is 24.9 Å². The van der Waals surface area contributed by atoms with E-state index in [1.54, 1.807) is 0 Å². The van der Waals surface area contributed by atoms with E-state index in [9.17, 15) is 4.79 Å². The van der Waals surface area contributed by atoms with Crippen molar-refractivity contribution in [3.63, 3.8) is 0 Å². The molecule has 1 aromatic carbocycles. The SMILES string of the molecule is CN(C)C1CCCC1N(C(=O)C(CCl)CCl)c1ccccc1. The molecule has 1 aliphatic carbocycles. The zero-order valence-electron chi connectivity index (χ0n) is 13.2. The first-order valence-electron chi connectivity index (χ1n) is 7.76. The minimum atomic E-state index is -0.341. The van der Waals surface area contributed by atoms with E-state index >= 15 is 0 Å². The highest BCUT2D eigenvalue weighted by molar-refractivity contribution is 6.23. The number of carbonyl (C=O) groups excluding carboxylic acids is 1. The second kappa shape index (κ2) is 8.19. The van der Waals surface area contributed by atoms with Gasteiger partial charge in [-0.25, -0.2) is 0 Å². The fraction of sp³-hybridized carbons (Fsp3) is 0.588. The van der Waals surface area contributed by atoms with Crippen molar-refractivity contribution in [3.8, 4) is 0 Å². The van der Waals surface area contributed by atoms with Crippen LogP contribution in [0.1, 0.15) is 19.3 Å². The highest BCUT2D eigenvalue weighted by atomic mass is 35.5. The smallest absolute Gasteiger partial charge is 0.232 e. The Labute approximate surface area is 143 Å². The maximum atomic E-state index is 13.0. The highest BCUT2D eigenvalue weighted by Gasteiger charge is 2.38. The Hall–Kier alpha value is -0.770. The average Bonchev–Trinajstić information content (AvgIpc) is 2.99. The molecular weight excluding hydrogens is 319 g/mol. The fourth-order valence-electron chi connectivity index (χ4n) is 3.27. The summed E-state index contributed by atoms with van der Waals surface area (Å²) in [6, 6.07) is 10.4. The summed E-state index contributed by atoms with van der Waals surface area (Å²) in [6.07, 6.45) is 3.26. The Morgan fingerprint density at radius 3 is 2.27 bits per heavy atom. The molecule has 1 aromatic rings. The van der Waals surface area contributed by atoms with E-state index in [1.807, 2.05) is 35.2 Å². The van der Waals surface area contributed by atoms with Gasteiger partial charge in [-0.3, -0.25) is 4.79 Å². The van der Waals surface area contributed by atoms with Crippen LogP contribution in [0.5, 0.6) is 0 Å². The third-order valence-electron chi connectivity index (χ3n) is 4.43. The second-order valence-corrected chi connectivity index (χ2v) is 6.70. The molecule has 1 saturated carbocycles. The van der Waals surface area contributed by atoms with Crippen molar-refractivity contribution in [3.05, 3.63) is 30.3 Å². The van der Waals surface area contributed by atoms with Crippen LogP contribution in [0.4, 0.5) is 5.69 Å². The Kier molecular flexibility index (Phi) is 6.54. The quantitative estimate of drug-likeness (QED) is 0.737. The van der Waals surface area contributed by atoms with Crippen molar-refractivity contribution in [2.75, 3.05) is 30.8 Å². The van der Waals surface area contributed by atoms with Gasteiger partial charge in [0, 0.05) is 23.5 Å². The molecule has 0 N–H and O–H groups in total. The molecule has 0 bridgehead atoms. The zero-order valence-corrected chi connectivity index (χ0v) is 14.7. The summed E-state index contributed by atoms with van der Waals surface area (Å²) in [7, 11) is 4.16. The number of anilines is 1. The van der Waals surface area contributed by atoms with E-state index < -0.39 is 0 Å². The topological polar surface area (TPSA) is 23.6 Å². The first kappa shape index (κ1) is 17.6. The molecule has 1 fully saturated rings. The second-order valence-electron chi connectivity index (χ2n) is 6.08.